The van der Waals surface area contributed by atoms with Crippen molar-refractivity contribution in [1.82, 2.24) is 5.32 Å². The van der Waals surface area contributed by atoms with E-state index in [9.17, 15) is 0 Å². The van der Waals surface area contributed by atoms with Crippen LogP contribution in [-0.4, -0.2) is 6.54 Å². The van der Waals surface area contributed by atoms with Crippen molar-refractivity contribution in [1.29, 1.82) is 0 Å². The van der Waals surface area contributed by atoms with Gasteiger partial charge in [0.25, 0.3) is 0 Å². The van der Waals surface area contributed by atoms with Crippen LogP contribution in [0.15, 0.2) is 36.9 Å². The van der Waals surface area contributed by atoms with Crippen LogP contribution in [0.1, 0.15) is 64.1 Å². The van der Waals surface area contributed by atoms with Crippen LogP contribution in [0.2, 0.25) is 0 Å². The zero-order valence-corrected chi connectivity index (χ0v) is 13.0. The molecule has 0 spiro atoms. The molecule has 1 atom stereocenters. The van der Waals surface area contributed by atoms with Crippen LogP contribution in [0.3, 0.4) is 0 Å². The average Bonchev–Trinajstić information content (AvgIpc) is 2.37. The van der Waals surface area contributed by atoms with Crippen molar-refractivity contribution in [2.45, 2.75) is 58.4 Å². The highest BCUT2D eigenvalue weighted by molar-refractivity contribution is 5.35. The molecule has 106 valence electrons. The second-order valence-electron chi connectivity index (χ2n) is 6.17. The van der Waals surface area contributed by atoms with Gasteiger partial charge in [-0.1, -0.05) is 58.0 Å². The number of unbranched alkanes of at least 4 members (excludes halogenated alkanes) is 1. The van der Waals surface area contributed by atoms with Crippen LogP contribution in [0.25, 0.3) is 0 Å². The monoisotopic (exact) mass is 259 g/mol. The third-order valence-corrected chi connectivity index (χ3v) is 3.50. The Bertz CT molecular complexity index is 387. The van der Waals surface area contributed by atoms with Crippen LogP contribution in [0.5, 0.6) is 0 Å². The predicted octanol–water partition coefficient (Wildman–Crippen LogP) is 4.99. The molecule has 0 fully saturated rings. The highest BCUT2D eigenvalue weighted by Crippen LogP contribution is 2.31. The minimum atomic E-state index is 0.197. The summed E-state index contributed by atoms with van der Waals surface area (Å²) in [5.41, 5.74) is 3.11. The third-order valence-electron chi connectivity index (χ3n) is 3.50. The number of nitrogens with one attached hydrogen (secondary N) is 1. The average molecular weight is 259 g/mol. The molecule has 0 saturated heterocycles. The van der Waals surface area contributed by atoms with E-state index >= 15 is 0 Å². The van der Waals surface area contributed by atoms with E-state index in [1.165, 1.54) is 24.0 Å². The fraction of sp³-hybridized carbons (Fsp3) is 0.556. The van der Waals surface area contributed by atoms with Gasteiger partial charge in [0.05, 0.1) is 0 Å². The summed E-state index contributed by atoms with van der Waals surface area (Å²) in [7, 11) is 0. The molecule has 19 heavy (non-hydrogen) atoms. The smallest absolute Gasteiger partial charge is 0.0323 e. The molecule has 1 heteroatoms. The topological polar surface area (TPSA) is 12.0 Å². The Morgan fingerprint density at radius 1 is 1.26 bits per heavy atom. The molecule has 1 unspecified atom stereocenters. The SMILES string of the molecule is C=CCCCC(NCC)c1ccccc1C(C)(C)C. The van der Waals surface area contributed by atoms with Gasteiger partial charge in [0.2, 0.25) is 0 Å². The molecular weight excluding hydrogens is 230 g/mol. The summed E-state index contributed by atoms with van der Waals surface area (Å²) in [5.74, 6) is 0. The van der Waals surface area contributed by atoms with E-state index < -0.39 is 0 Å². The van der Waals surface area contributed by atoms with Gasteiger partial charge in [-0.15, -0.1) is 6.58 Å². The molecule has 1 aromatic carbocycles. The Labute approximate surface area is 119 Å². The van der Waals surface area contributed by atoms with Gasteiger partial charge in [-0.3, -0.25) is 0 Å². The Hall–Kier alpha value is -1.08. The standard InChI is InChI=1S/C18H29N/c1-6-8-9-14-17(19-7-2)15-12-10-11-13-16(15)18(3,4)5/h6,10-13,17,19H,1,7-9,14H2,2-5H3. The van der Waals surface area contributed by atoms with Crippen LogP contribution in [0.4, 0.5) is 0 Å². The lowest BCUT2D eigenvalue weighted by molar-refractivity contribution is 0.482. The second-order valence-corrected chi connectivity index (χ2v) is 6.17. The van der Waals surface area contributed by atoms with Gasteiger partial charge >= 0.3 is 0 Å². The first kappa shape index (κ1) is 16.0. The molecule has 0 saturated carbocycles. The maximum Gasteiger partial charge on any atom is 0.0323 e. The third kappa shape index (κ3) is 4.83. The summed E-state index contributed by atoms with van der Waals surface area (Å²) in [6, 6.07) is 9.31. The van der Waals surface area contributed by atoms with Gasteiger partial charge in [-0.05, 0) is 42.3 Å². The Kier molecular flexibility index (Phi) is 6.30. The number of rotatable bonds is 7. The fourth-order valence-corrected chi connectivity index (χ4v) is 2.56. The highest BCUT2D eigenvalue weighted by atomic mass is 14.9. The summed E-state index contributed by atoms with van der Waals surface area (Å²) in [4.78, 5) is 0. The summed E-state index contributed by atoms with van der Waals surface area (Å²) < 4.78 is 0. The number of hydrogen-bond acceptors (Lipinski definition) is 1. The van der Waals surface area contributed by atoms with Crippen molar-refractivity contribution in [3.05, 3.63) is 48.0 Å². The summed E-state index contributed by atoms with van der Waals surface area (Å²) >= 11 is 0. The van der Waals surface area contributed by atoms with Crippen molar-refractivity contribution in [3.63, 3.8) is 0 Å². The molecule has 0 aliphatic carbocycles. The molecular formula is C18H29N. The van der Waals surface area contributed by atoms with Gasteiger partial charge in [0.1, 0.15) is 0 Å². The maximum atomic E-state index is 3.81. The first-order valence-corrected chi connectivity index (χ1v) is 7.44. The normalized spacial score (nSPS) is 13.3. The molecule has 1 N–H and O–H groups in total. The lowest BCUT2D eigenvalue weighted by atomic mass is 9.81. The van der Waals surface area contributed by atoms with E-state index in [2.05, 4.69) is 63.9 Å². The molecule has 0 aliphatic heterocycles. The zero-order chi connectivity index (χ0) is 14.3. The van der Waals surface area contributed by atoms with Gasteiger partial charge < -0.3 is 5.32 Å². The quantitative estimate of drug-likeness (QED) is 0.537. The Balaban J connectivity index is 2.97. The van der Waals surface area contributed by atoms with Crippen molar-refractivity contribution >= 4 is 0 Å². The molecule has 1 aromatic rings. The van der Waals surface area contributed by atoms with E-state index in [1.807, 2.05) is 6.08 Å². The second kappa shape index (κ2) is 7.49. The molecule has 0 radical (unpaired) electrons. The van der Waals surface area contributed by atoms with Crippen molar-refractivity contribution in [2.24, 2.45) is 0 Å². The lowest BCUT2D eigenvalue weighted by Crippen LogP contribution is -2.25. The number of allylic oxidation sites excluding steroid dienone is 1. The molecule has 0 bridgehead atoms. The maximum absolute atomic E-state index is 3.81. The predicted molar refractivity (Wildman–Crippen MR) is 85.6 cm³/mol. The van der Waals surface area contributed by atoms with Crippen LogP contribution >= 0.6 is 0 Å². The molecule has 0 aromatic heterocycles. The number of hydrogen-bond donors (Lipinski definition) is 1. The Morgan fingerprint density at radius 3 is 2.53 bits per heavy atom. The summed E-state index contributed by atoms with van der Waals surface area (Å²) in [6.07, 6.45) is 5.48. The van der Waals surface area contributed by atoms with E-state index in [4.69, 9.17) is 0 Å². The van der Waals surface area contributed by atoms with Crippen molar-refractivity contribution < 1.29 is 0 Å². The van der Waals surface area contributed by atoms with E-state index in [-0.39, 0.29) is 5.41 Å². The summed E-state index contributed by atoms with van der Waals surface area (Å²) in [6.45, 7) is 13.9. The van der Waals surface area contributed by atoms with Crippen LogP contribution in [0, 0.1) is 0 Å². The largest absolute Gasteiger partial charge is 0.310 e. The molecule has 0 amide bonds. The highest BCUT2D eigenvalue weighted by Gasteiger charge is 2.21. The molecule has 0 heterocycles. The van der Waals surface area contributed by atoms with Gasteiger partial charge in [0.15, 0.2) is 0 Å². The first-order valence-electron chi connectivity index (χ1n) is 7.44. The number of benzene rings is 1. The minimum absolute atomic E-state index is 0.197. The van der Waals surface area contributed by atoms with Gasteiger partial charge in [0, 0.05) is 6.04 Å². The van der Waals surface area contributed by atoms with Crippen LogP contribution in [-0.2, 0) is 5.41 Å². The molecule has 0 aliphatic rings. The lowest BCUT2D eigenvalue weighted by Gasteiger charge is -2.28. The van der Waals surface area contributed by atoms with E-state index in [1.54, 1.807) is 0 Å². The van der Waals surface area contributed by atoms with Crippen molar-refractivity contribution in [2.75, 3.05) is 6.54 Å². The summed E-state index contributed by atoms with van der Waals surface area (Å²) in [5, 5.41) is 3.64. The van der Waals surface area contributed by atoms with Crippen molar-refractivity contribution in [3.8, 4) is 0 Å². The van der Waals surface area contributed by atoms with E-state index in [0.717, 1.165) is 13.0 Å². The van der Waals surface area contributed by atoms with Crippen LogP contribution < -0.4 is 5.32 Å². The molecule has 1 rings (SSSR count). The minimum Gasteiger partial charge on any atom is -0.310 e. The van der Waals surface area contributed by atoms with Gasteiger partial charge in [-0.25, -0.2) is 0 Å². The fourth-order valence-electron chi connectivity index (χ4n) is 2.56. The first-order chi connectivity index (χ1) is 9.00. The van der Waals surface area contributed by atoms with E-state index in [0.29, 0.717) is 6.04 Å². The Morgan fingerprint density at radius 2 is 1.95 bits per heavy atom. The zero-order valence-electron chi connectivity index (χ0n) is 13.0. The molecule has 1 nitrogen and oxygen atoms in total. The van der Waals surface area contributed by atoms with Gasteiger partial charge in [-0.2, -0.15) is 0 Å².